The van der Waals surface area contributed by atoms with Crippen LogP contribution in [0.3, 0.4) is 0 Å². The number of benzene rings is 7. The molecule has 0 unspecified atom stereocenters. The van der Waals surface area contributed by atoms with E-state index in [-0.39, 0.29) is 0 Å². The third-order valence-electron chi connectivity index (χ3n) is 9.40. The first kappa shape index (κ1) is 34.0. The lowest BCUT2D eigenvalue weighted by atomic mass is 9.71. The van der Waals surface area contributed by atoms with Crippen LogP contribution in [0.1, 0.15) is 33.4 Å². The highest BCUT2D eigenvalue weighted by Crippen LogP contribution is 2.58. The maximum Gasteiger partial charge on any atom is 0.0998 e. The summed E-state index contributed by atoms with van der Waals surface area (Å²) in [5.41, 5.74) is 8.12. The zero-order valence-electron chi connectivity index (χ0n) is 28.5. The Balaban J connectivity index is 1.99. The fraction of sp³-hybridized carbons (Fsp3) is 0. The molecular weight excluding hydrogens is 661 g/mol. The van der Waals surface area contributed by atoms with E-state index in [4.69, 9.17) is 0 Å². The van der Waals surface area contributed by atoms with Crippen molar-refractivity contribution in [2.24, 2.45) is 0 Å². The minimum Gasteiger partial charge on any atom is -0.192 e. The van der Waals surface area contributed by atoms with E-state index in [1.807, 2.05) is 72.8 Å². The molecule has 7 aromatic carbocycles. The van der Waals surface area contributed by atoms with E-state index >= 15 is 0 Å². The zero-order chi connectivity index (χ0) is 37.6. The Labute approximate surface area is 312 Å². The van der Waals surface area contributed by atoms with Crippen molar-refractivity contribution >= 4 is 0 Å². The lowest BCUT2D eigenvalue weighted by Gasteiger charge is -2.30. The van der Waals surface area contributed by atoms with Gasteiger partial charge < -0.3 is 0 Å². The van der Waals surface area contributed by atoms with Crippen LogP contribution >= 0.6 is 0 Å². The minimum atomic E-state index is 0.327. The van der Waals surface area contributed by atoms with E-state index in [2.05, 4.69) is 36.4 Å². The number of nitriles is 6. The van der Waals surface area contributed by atoms with E-state index in [1.54, 1.807) is 72.8 Å². The highest BCUT2D eigenvalue weighted by molar-refractivity contribution is 6.17. The molecule has 0 aliphatic rings. The molecule has 0 atom stereocenters. The van der Waals surface area contributed by atoms with Gasteiger partial charge in [-0.15, -0.1) is 0 Å². The minimum absolute atomic E-state index is 0.327. The van der Waals surface area contributed by atoms with Gasteiger partial charge in [-0.3, -0.25) is 0 Å². The third-order valence-corrected chi connectivity index (χ3v) is 9.40. The van der Waals surface area contributed by atoms with Gasteiger partial charge in [0.05, 0.1) is 69.8 Å². The molecule has 0 saturated heterocycles. The number of rotatable bonds is 6. The Bertz CT molecular complexity index is 2380. The second-order valence-corrected chi connectivity index (χ2v) is 12.2. The van der Waals surface area contributed by atoms with Crippen LogP contribution in [-0.2, 0) is 0 Å². The van der Waals surface area contributed by atoms with Gasteiger partial charge >= 0.3 is 0 Å². The van der Waals surface area contributed by atoms with Crippen LogP contribution in [0.2, 0.25) is 0 Å². The molecule has 0 saturated carbocycles. The highest BCUT2D eigenvalue weighted by Gasteiger charge is 2.33. The molecule has 0 aliphatic heterocycles. The van der Waals surface area contributed by atoms with Gasteiger partial charge in [0.1, 0.15) is 0 Å². The van der Waals surface area contributed by atoms with Gasteiger partial charge in [0, 0.05) is 66.8 Å². The predicted octanol–water partition coefficient (Wildman–Crippen LogP) is 10.9. The molecule has 0 amide bonds. The van der Waals surface area contributed by atoms with Crippen LogP contribution in [0.4, 0.5) is 0 Å². The Kier molecular flexibility index (Phi) is 9.28. The van der Waals surface area contributed by atoms with Gasteiger partial charge in [-0.25, -0.2) is 0 Å². The Hall–Kier alpha value is -8.52. The quantitative estimate of drug-likeness (QED) is 0.170. The smallest absolute Gasteiger partial charge is 0.0998 e. The molecule has 0 bridgehead atoms. The summed E-state index contributed by atoms with van der Waals surface area (Å²) in [5.74, 6) is 0. The summed E-state index contributed by atoms with van der Waals surface area (Å²) in [6.07, 6.45) is 0. The van der Waals surface area contributed by atoms with E-state index < -0.39 is 0 Å². The molecule has 0 heterocycles. The maximum atomic E-state index is 10.7. The predicted molar refractivity (Wildman–Crippen MR) is 207 cm³/mol. The van der Waals surface area contributed by atoms with Crippen LogP contribution in [0.15, 0.2) is 146 Å². The molecule has 6 heteroatoms. The Morgan fingerprint density at radius 2 is 0.333 bits per heavy atom. The molecule has 0 radical (unpaired) electrons. The average molecular weight is 685 g/mol. The molecule has 7 aromatic rings. The average Bonchev–Trinajstić information content (AvgIpc) is 3.25. The summed E-state index contributed by atoms with van der Waals surface area (Å²) in [7, 11) is 0. The Morgan fingerprint density at radius 1 is 0.204 bits per heavy atom. The van der Waals surface area contributed by atoms with Gasteiger partial charge in [0.25, 0.3) is 0 Å². The van der Waals surface area contributed by atoms with E-state index in [1.165, 1.54) is 0 Å². The number of nitrogens with zero attached hydrogens (tertiary/aromatic N) is 6. The van der Waals surface area contributed by atoms with E-state index in [9.17, 15) is 31.6 Å². The van der Waals surface area contributed by atoms with Crippen molar-refractivity contribution in [1.82, 2.24) is 0 Å². The van der Waals surface area contributed by atoms with Crippen LogP contribution in [0.25, 0.3) is 66.8 Å². The lowest BCUT2D eigenvalue weighted by Crippen LogP contribution is -2.06. The first-order chi connectivity index (χ1) is 26.6. The van der Waals surface area contributed by atoms with Crippen LogP contribution in [0.5, 0.6) is 0 Å². The van der Waals surface area contributed by atoms with Gasteiger partial charge in [-0.05, 0) is 36.4 Å². The van der Waals surface area contributed by atoms with Crippen molar-refractivity contribution in [1.29, 1.82) is 31.6 Å². The molecule has 54 heavy (non-hydrogen) atoms. The lowest BCUT2D eigenvalue weighted by molar-refractivity contribution is 1.43. The molecule has 0 spiro atoms. The fourth-order valence-corrected chi connectivity index (χ4v) is 7.16. The fourth-order valence-electron chi connectivity index (χ4n) is 7.16. The van der Waals surface area contributed by atoms with Crippen molar-refractivity contribution in [2.75, 3.05) is 0 Å². The third kappa shape index (κ3) is 5.69. The maximum absolute atomic E-state index is 10.7. The zero-order valence-corrected chi connectivity index (χ0v) is 28.5. The molecule has 0 aliphatic carbocycles. The normalized spacial score (nSPS) is 10.1. The van der Waals surface area contributed by atoms with Crippen LogP contribution in [0, 0.1) is 68.0 Å². The van der Waals surface area contributed by atoms with Crippen molar-refractivity contribution in [2.45, 2.75) is 0 Å². The number of hydrogen-bond donors (Lipinski definition) is 0. The summed E-state index contributed by atoms with van der Waals surface area (Å²) >= 11 is 0. The molecular formula is C48H24N6. The van der Waals surface area contributed by atoms with Crippen molar-refractivity contribution in [3.8, 4) is 103 Å². The summed E-state index contributed by atoms with van der Waals surface area (Å²) in [4.78, 5) is 0. The molecule has 0 aromatic heterocycles. The highest BCUT2D eigenvalue weighted by atomic mass is 14.4. The van der Waals surface area contributed by atoms with Gasteiger partial charge in [-0.2, -0.15) is 31.6 Å². The standard InChI is InChI=1S/C48H24N6/c49-25-31-13-1-7-19-37(31)43-44(38-20-8-2-14-32(38)26-50)46(40-22-10-4-16-34(40)28-52)48(42-24-12-6-18-36(42)30-54)47(41-23-11-5-17-35(41)29-53)45(43)39-21-9-3-15-33(39)27-51/h1-24H. The van der Waals surface area contributed by atoms with E-state index in [0.29, 0.717) is 100 Å². The topological polar surface area (TPSA) is 143 Å². The van der Waals surface area contributed by atoms with Crippen LogP contribution in [-0.4, -0.2) is 0 Å². The van der Waals surface area contributed by atoms with Gasteiger partial charge in [0.15, 0.2) is 0 Å². The summed E-state index contributed by atoms with van der Waals surface area (Å²) < 4.78 is 0. The molecule has 246 valence electrons. The number of hydrogen-bond acceptors (Lipinski definition) is 6. The van der Waals surface area contributed by atoms with E-state index in [0.717, 1.165) is 0 Å². The van der Waals surface area contributed by atoms with Crippen molar-refractivity contribution in [3.05, 3.63) is 179 Å². The summed E-state index contributed by atoms with van der Waals surface area (Å²) in [5, 5.41) is 64.0. The van der Waals surface area contributed by atoms with Crippen molar-refractivity contribution in [3.63, 3.8) is 0 Å². The molecule has 0 fully saturated rings. The monoisotopic (exact) mass is 684 g/mol. The molecule has 0 N–H and O–H groups in total. The molecule has 7 rings (SSSR count). The summed E-state index contributed by atoms with van der Waals surface area (Å²) in [6, 6.07) is 56.9. The SMILES string of the molecule is N#Cc1ccccc1-c1c(-c2ccccc2C#N)c(-c2ccccc2C#N)c(-c2ccccc2C#N)c(-c2ccccc2C#N)c1-c1ccccc1C#N. The largest absolute Gasteiger partial charge is 0.192 e. The first-order valence-electron chi connectivity index (χ1n) is 16.8. The first-order valence-corrected chi connectivity index (χ1v) is 16.8. The second-order valence-electron chi connectivity index (χ2n) is 12.2. The Morgan fingerprint density at radius 3 is 0.463 bits per heavy atom. The van der Waals surface area contributed by atoms with Crippen molar-refractivity contribution < 1.29 is 0 Å². The van der Waals surface area contributed by atoms with Gasteiger partial charge in [0.2, 0.25) is 0 Å². The van der Waals surface area contributed by atoms with Crippen LogP contribution < -0.4 is 0 Å². The van der Waals surface area contributed by atoms with Gasteiger partial charge in [-0.1, -0.05) is 109 Å². The summed E-state index contributed by atoms with van der Waals surface area (Å²) in [6.45, 7) is 0. The second kappa shape index (κ2) is 14.8. The molecule has 6 nitrogen and oxygen atoms in total.